The lowest BCUT2D eigenvalue weighted by Crippen LogP contribution is -2.35. The minimum atomic E-state index is -0.636. The molecule has 0 fully saturated rings. The molecule has 3 N–H and O–H groups in total. The number of pyridine rings is 2. The first-order valence-corrected chi connectivity index (χ1v) is 11.5. The van der Waals surface area contributed by atoms with Crippen molar-refractivity contribution >= 4 is 35.1 Å². The van der Waals surface area contributed by atoms with Gasteiger partial charge >= 0.3 is 0 Å². The molecule has 0 bridgehead atoms. The van der Waals surface area contributed by atoms with Gasteiger partial charge in [-0.05, 0) is 69.7 Å². The predicted octanol–water partition coefficient (Wildman–Crippen LogP) is 5.26. The lowest BCUT2D eigenvalue weighted by molar-refractivity contribution is -0.113. The van der Waals surface area contributed by atoms with E-state index in [4.69, 9.17) is 11.6 Å². The molecule has 35 heavy (non-hydrogen) atoms. The van der Waals surface area contributed by atoms with Crippen LogP contribution in [0.5, 0.6) is 0 Å². The zero-order valence-corrected chi connectivity index (χ0v) is 20.7. The second kappa shape index (κ2) is 10.1. The Bertz CT molecular complexity index is 1280. The van der Waals surface area contributed by atoms with Gasteiger partial charge in [0.2, 0.25) is 0 Å². The van der Waals surface area contributed by atoms with Crippen LogP contribution >= 0.6 is 11.6 Å². The summed E-state index contributed by atoms with van der Waals surface area (Å²) < 4.78 is 0. The van der Waals surface area contributed by atoms with Crippen molar-refractivity contribution in [1.82, 2.24) is 15.3 Å². The highest BCUT2D eigenvalue weighted by Crippen LogP contribution is 2.39. The SMILES string of the molecule is CC1=C(C(=O)Nc2cccc(C)n2)C(c2ccc(Cl)cc2)C(C(=O)Nc2cccc(C)n2)=C(C)N1. The molecule has 3 aromatic rings. The van der Waals surface area contributed by atoms with Crippen LogP contribution in [0.3, 0.4) is 0 Å². The van der Waals surface area contributed by atoms with Gasteiger partial charge in [0.15, 0.2) is 0 Å². The molecule has 2 aromatic heterocycles. The van der Waals surface area contributed by atoms with E-state index in [9.17, 15) is 9.59 Å². The number of aromatic nitrogens is 2. The van der Waals surface area contributed by atoms with E-state index < -0.39 is 5.92 Å². The largest absolute Gasteiger partial charge is 0.362 e. The van der Waals surface area contributed by atoms with Crippen LogP contribution in [-0.2, 0) is 9.59 Å². The molecule has 8 heteroatoms. The van der Waals surface area contributed by atoms with E-state index in [2.05, 4.69) is 25.9 Å². The van der Waals surface area contributed by atoms with Crippen LogP contribution in [0.15, 0.2) is 83.2 Å². The zero-order chi connectivity index (χ0) is 25.1. The van der Waals surface area contributed by atoms with Crippen molar-refractivity contribution in [2.45, 2.75) is 33.6 Å². The van der Waals surface area contributed by atoms with E-state index in [1.807, 2.05) is 64.1 Å². The van der Waals surface area contributed by atoms with Crippen LogP contribution in [0.1, 0.15) is 36.7 Å². The van der Waals surface area contributed by atoms with Gasteiger partial charge in [0.1, 0.15) is 11.6 Å². The molecule has 0 spiro atoms. The van der Waals surface area contributed by atoms with E-state index in [1.54, 1.807) is 24.3 Å². The number of hydrogen-bond acceptors (Lipinski definition) is 5. The number of carbonyl (C=O) groups is 2. The number of aryl methyl sites for hydroxylation is 2. The fraction of sp³-hybridized carbons (Fsp3) is 0.185. The summed E-state index contributed by atoms with van der Waals surface area (Å²) in [6.07, 6.45) is 0. The van der Waals surface area contributed by atoms with Gasteiger partial charge in [-0.2, -0.15) is 0 Å². The molecule has 1 aliphatic heterocycles. The molecule has 4 rings (SSSR count). The number of nitrogens with zero attached hydrogens (tertiary/aromatic N) is 2. The molecule has 0 saturated carbocycles. The molecule has 1 aromatic carbocycles. The average molecular weight is 488 g/mol. The van der Waals surface area contributed by atoms with Gasteiger partial charge in [0.05, 0.1) is 0 Å². The Morgan fingerprint density at radius 1 is 0.743 bits per heavy atom. The van der Waals surface area contributed by atoms with E-state index in [0.717, 1.165) is 17.0 Å². The monoisotopic (exact) mass is 487 g/mol. The summed E-state index contributed by atoms with van der Waals surface area (Å²) in [6, 6.07) is 18.0. The maximum absolute atomic E-state index is 13.6. The van der Waals surface area contributed by atoms with Crippen LogP contribution in [0.2, 0.25) is 5.02 Å². The molecular weight excluding hydrogens is 462 g/mol. The Balaban J connectivity index is 1.76. The maximum atomic E-state index is 13.6. The summed E-state index contributed by atoms with van der Waals surface area (Å²) in [4.78, 5) is 35.9. The second-order valence-electron chi connectivity index (χ2n) is 8.42. The van der Waals surface area contributed by atoms with Gasteiger partial charge in [-0.15, -0.1) is 0 Å². The Morgan fingerprint density at radius 2 is 1.20 bits per heavy atom. The number of benzene rings is 1. The lowest BCUT2D eigenvalue weighted by atomic mass is 9.79. The highest BCUT2D eigenvalue weighted by Gasteiger charge is 2.36. The van der Waals surface area contributed by atoms with Crippen molar-refractivity contribution in [1.29, 1.82) is 0 Å². The Hall–Kier alpha value is -3.97. The number of allylic oxidation sites excluding steroid dienone is 2. The molecule has 178 valence electrons. The quantitative estimate of drug-likeness (QED) is 0.456. The number of hydrogen-bond donors (Lipinski definition) is 3. The van der Waals surface area contributed by atoms with Crippen molar-refractivity contribution in [3.63, 3.8) is 0 Å². The summed E-state index contributed by atoms with van der Waals surface area (Å²) in [7, 11) is 0. The van der Waals surface area contributed by atoms with Crippen LogP contribution in [0.25, 0.3) is 0 Å². The zero-order valence-electron chi connectivity index (χ0n) is 19.9. The predicted molar refractivity (Wildman–Crippen MR) is 138 cm³/mol. The van der Waals surface area contributed by atoms with E-state index in [-0.39, 0.29) is 11.8 Å². The Morgan fingerprint density at radius 3 is 1.63 bits per heavy atom. The number of amides is 2. The number of dihydropyridines is 1. The molecule has 0 aliphatic carbocycles. The summed E-state index contributed by atoms with van der Waals surface area (Å²) in [5.41, 5.74) is 4.47. The molecule has 0 atom stereocenters. The standard InChI is InChI=1S/C27H26ClN5O2/c1-15-7-5-9-21(29-15)32-26(34)23-17(3)31-18(4)24(25(23)19-11-13-20(28)14-12-19)27(35)33-22-10-6-8-16(2)30-22/h5-14,25,31H,1-4H3,(H,29,32,34)(H,30,33,35). The number of nitrogens with one attached hydrogen (secondary N) is 3. The molecule has 7 nitrogen and oxygen atoms in total. The topological polar surface area (TPSA) is 96.0 Å². The van der Waals surface area contributed by atoms with Gasteiger partial charge in [-0.1, -0.05) is 35.9 Å². The van der Waals surface area contributed by atoms with Gasteiger partial charge in [0.25, 0.3) is 11.8 Å². The molecule has 0 saturated heterocycles. The molecule has 3 heterocycles. The second-order valence-corrected chi connectivity index (χ2v) is 8.86. The van der Waals surface area contributed by atoms with Crippen LogP contribution in [0, 0.1) is 13.8 Å². The number of rotatable bonds is 5. The van der Waals surface area contributed by atoms with Crippen molar-refractivity contribution < 1.29 is 9.59 Å². The van der Waals surface area contributed by atoms with Crippen LogP contribution < -0.4 is 16.0 Å². The average Bonchev–Trinajstić information content (AvgIpc) is 2.79. The van der Waals surface area contributed by atoms with Crippen molar-refractivity contribution in [3.8, 4) is 0 Å². The summed E-state index contributed by atoms with van der Waals surface area (Å²) in [6.45, 7) is 7.35. The van der Waals surface area contributed by atoms with Crippen LogP contribution in [0.4, 0.5) is 11.6 Å². The highest BCUT2D eigenvalue weighted by atomic mass is 35.5. The maximum Gasteiger partial charge on any atom is 0.255 e. The minimum absolute atomic E-state index is 0.348. The molecule has 0 radical (unpaired) electrons. The summed E-state index contributed by atoms with van der Waals surface area (Å²) in [5.74, 6) is -0.458. The van der Waals surface area contributed by atoms with E-state index in [1.165, 1.54) is 0 Å². The first-order valence-electron chi connectivity index (χ1n) is 11.2. The third kappa shape index (κ3) is 5.41. The van der Waals surface area contributed by atoms with E-state index in [0.29, 0.717) is 39.2 Å². The van der Waals surface area contributed by atoms with E-state index >= 15 is 0 Å². The molecule has 0 unspecified atom stereocenters. The van der Waals surface area contributed by atoms with Gasteiger partial charge in [-0.3, -0.25) is 9.59 Å². The summed E-state index contributed by atoms with van der Waals surface area (Å²) in [5, 5.41) is 9.55. The van der Waals surface area contributed by atoms with Gasteiger partial charge in [0, 0.05) is 44.9 Å². The molecule has 2 amide bonds. The number of carbonyl (C=O) groups excluding carboxylic acids is 2. The number of halogens is 1. The first kappa shape index (κ1) is 24.2. The first-order chi connectivity index (χ1) is 16.7. The minimum Gasteiger partial charge on any atom is -0.362 e. The smallest absolute Gasteiger partial charge is 0.255 e. The third-order valence-electron chi connectivity index (χ3n) is 5.71. The fourth-order valence-electron chi connectivity index (χ4n) is 4.18. The molecule has 1 aliphatic rings. The Labute approximate surface area is 209 Å². The lowest BCUT2D eigenvalue weighted by Gasteiger charge is -2.31. The summed E-state index contributed by atoms with van der Waals surface area (Å²) >= 11 is 6.14. The fourth-order valence-corrected chi connectivity index (χ4v) is 4.30. The highest BCUT2D eigenvalue weighted by molar-refractivity contribution is 6.30. The Kier molecular flexibility index (Phi) is 6.98. The third-order valence-corrected chi connectivity index (χ3v) is 5.96. The normalized spacial score (nSPS) is 14.0. The number of anilines is 2. The van der Waals surface area contributed by atoms with Crippen molar-refractivity contribution in [2.75, 3.05) is 10.6 Å². The van der Waals surface area contributed by atoms with Crippen LogP contribution in [-0.4, -0.2) is 21.8 Å². The van der Waals surface area contributed by atoms with Crippen molar-refractivity contribution in [2.24, 2.45) is 0 Å². The van der Waals surface area contributed by atoms with Crippen molar-refractivity contribution in [3.05, 3.63) is 105 Å². The van der Waals surface area contributed by atoms with Gasteiger partial charge in [-0.25, -0.2) is 9.97 Å². The molecular formula is C27H26ClN5O2. The van der Waals surface area contributed by atoms with Gasteiger partial charge < -0.3 is 16.0 Å².